The number of furan rings is 1. The Morgan fingerprint density at radius 1 is 0.328 bits per heavy atom. The molecule has 2 heteroatoms. The van der Waals surface area contributed by atoms with Crippen molar-refractivity contribution in [2.75, 3.05) is 0 Å². The molecule has 0 fully saturated rings. The average Bonchev–Trinajstić information content (AvgIpc) is 3.68. The zero-order valence-electron chi connectivity index (χ0n) is 31.8. The minimum Gasteiger partial charge on any atom is -0.456 e. The van der Waals surface area contributed by atoms with Gasteiger partial charge in [0, 0.05) is 22.6 Å². The second kappa shape index (κ2) is 13.0. The highest BCUT2D eigenvalue weighted by Crippen LogP contribution is 2.57. The standard InChI is InChI=1S/C56H38OSi/c1-4-19-40(20-5-1)58(41-21-6-2-7-22-41,42-23-8-3-9-24-42)52-32-16-30-49-53-46-26-10-11-27-47(46)56(55(49)52)54-43(28-15-29-48(53)54)39-18-14-17-37(35-39)38-33-34-45-44-25-12-13-31-50(44)57-51(45)36-38/h1-36,53,56H. The molecule has 0 saturated heterocycles. The van der Waals surface area contributed by atoms with E-state index in [1.54, 1.807) is 0 Å². The third-order valence-electron chi connectivity index (χ3n) is 13.0. The predicted molar refractivity (Wildman–Crippen MR) is 243 cm³/mol. The molecule has 1 aromatic heterocycles. The topological polar surface area (TPSA) is 13.1 Å². The molecule has 0 aliphatic heterocycles. The van der Waals surface area contributed by atoms with E-state index >= 15 is 0 Å². The van der Waals surface area contributed by atoms with Gasteiger partial charge in [0.2, 0.25) is 0 Å². The third-order valence-corrected chi connectivity index (χ3v) is 17.8. The van der Waals surface area contributed by atoms with Crippen molar-refractivity contribution in [1.82, 2.24) is 0 Å². The minimum atomic E-state index is -2.85. The van der Waals surface area contributed by atoms with Gasteiger partial charge in [-0.25, -0.2) is 0 Å². The van der Waals surface area contributed by atoms with Gasteiger partial charge in [0.15, 0.2) is 8.07 Å². The Morgan fingerprint density at radius 2 is 0.845 bits per heavy atom. The van der Waals surface area contributed by atoms with E-state index in [4.69, 9.17) is 4.42 Å². The largest absolute Gasteiger partial charge is 0.456 e. The quantitative estimate of drug-likeness (QED) is 0.122. The van der Waals surface area contributed by atoms with Crippen LogP contribution in [0.25, 0.3) is 44.2 Å². The van der Waals surface area contributed by atoms with Gasteiger partial charge in [0.05, 0.1) is 0 Å². The summed E-state index contributed by atoms with van der Waals surface area (Å²) in [5.41, 5.74) is 15.4. The van der Waals surface area contributed by atoms with Crippen LogP contribution in [0, 0.1) is 0 Å². The molecule has 2 unspecified atom stereocenters. The van der Waals surface area contributed by atoms with E-state index in [-0.39, 0.29) is 11.8 Å². The molecule has 13 rings (SSSR count). The average molecular weight is 755 g/mol. The van der Waals surface area contributed by atoms with Gasteiger partial charge in [0.1, 0.15) is 11.2 Å². The van der Waals surface area contributed by atoms with E-state index in [9.17, 15) is 0 Å². The number of para-hydroxylation sites is 1. The molecule has 0 spiro atoms. The SMILES string of the molecule is c1ccc([Si](c2ccccc2)(c2ccccc2)c2cccc3c2C2c4ccccc4C3c3cccc(-c4cccc(-c5ccc6c(c5)oc5ccccc56)c4)c32)cc1. The molecule has 0 N–H and O–H groups in total. The van der Waals surface area contributed by atoms with E-state index in [2.05, 4.69) is 212 Å². The van der Waals surface area contributed by atoms with Gasteiger partial charge in [-0.2, -0.15) is 0 Å². The lowest BCUT2D eigenvalue weighted by molar-refractivity contribution is 0.669. The van der Waals surface area contributed by atoms with Crippen LogP contribution in [-0.4, -0.2) is 8.07 Å². The summed E-state index contributed by atoms with van der Waals surface area (Å²) in [6.45, 7) is 0. The Kier molecular flexibility index (Phi) is 7.45. The van der Waals surface area contributed by atoms with E-state index in [0.717, 1.165) is 27.5 Å². The maximum absolute atomic E-state index is 6.34. The Labute approximate surface area is 339 Å². The molecule has 1 heterocycles. The van der Waals surface area contributed by atoms with Crippen LogP contribution in [0.15, 0.2) is 223 Å². The van der Waals surface area contributed by atoms with Crippen LogP contribution in [0.5, 0.6) is 0 Å². The van der Waals surface area contributed by atoms with Crippen molar-refractivity contribution in [1.29, 1.82) is 0 Å². The number of rotatable bonds is 6. The number of benzene rings is 9. The molecular formula is C56H38OSi. The van der Waals surface area contributed by atoms with Crippen LogP contribution in [0.1, 0.15) is 45.2 Å². The van der Waals surface area contributed by atoms with Crippen molar-refractivity contribution in [2.24, 2.45) is 0 Å². The lowest BCUT2D eigenvalue weighted by Gasteiger charge is -2.47. The van der Waals surface area contributed by atoms with Crippen molar-refractivity contribution < 1.29 is 4.42 Å². The zero-order valence-corrected chi connectivity index (χ0v) is 32.8. The lowest BCUT2D eigenvalue weighted by atomic mass is 9.60. The van der Waals surface area contributed by atoms with Gasteiger partial charge >= 0.3 is 0 Å². The summed E-state index contributed by atoms with van der Waals surface area (Å²) >= 11 is 0. The van der Waals surface area contributed by atoms with Gasteiger partial charge in [-0.1, -0.05) is 194 Å². The zero-order chi connectivity index (χ0) is 38.2. The highest BCUT2D eigenvalue weighted by atomic mass is 28.3. The Morgan fingerprint density at radius 3 is 1.55 bits per heavy atom. The summed E-state index contributed by atoms with van der Waals surface area (Å²) in [6, 6.07) is 81.8. The monoisotopic (exact) mass is 754 g/mol. The van der Waals surface area contributed by atoms with Crippen LogP contribution in [0.3, 0.4) is 0 Å². The van der Waals surface area contributed by atoms with E-state index in [1.807, 2.05) is 6.07 Å². The van der Waals surface area contributed by atoms with E-state index < -0.39 is 8.07 Å². The number of hydrogen-bond acceptors (Lipinski definition) is 1. The van der Waals surface area contributed by atoms with Gasteiger partial charge < -0.3 is 4.42 Å². The molecule has 272 valence electrons. The fraction of sp³-hybridized carbons (Fsp3) is 0.0357. The first-order valence-electron chi connectivity index (χ1n) is 20.3. The number of hydrogen-bond donors (Lipinski definition) is 0. The molecule has 58 heavy (non-hydrogen) atoms. The highest BCUT2D eigenvalue weighted by molar-refractivity contribution is 7.20. The molecule has 1 nitrogen and oxygen atoms in total. The summed E-state index contributed by atoms with van der Waals surface area (Å²) < 4.78 is 6.34. The summed E-state index contributed by atoms with van der Waals surface area (Å²) in [4.78, 5) is 0. The van der Waals surface area contributed by atoms with Crippen LogP contribution in [-0.2, 0) is 0 Å². The molecule has 2 atom stereocenters. The Balaban J connectivity index is 1.10. The maximum Gasteiger partial charge on any atom is 0.179 e. The minimum absolute atomic E-state index is 0.0668. The normalized spacial score (nSPS) is 15.2. The van der Waals surface area contributed by atoms with Crippen molar-refractivity contribution in [3.8, 4) is 22.3 Å². The predicted octanol–water partition coefficient (Wildman–Crippen LogP) is 11.3. The van der Waals surface area contributed by atoms with Gasteiger partial charge in [0.25, 0.3) is 0 Å². The van der Waals surface area contributed by atoms with Crippen molar-refractivity contribution in [2.45, 2.75) is 11.8 Å². The van der Waals surface area contributed by atoms with Gasteiger partial charge in [-0.3, -0.25) is 0 Å². The first-order chi connectivity index (χ1) is 28.8. The molecule has 3 aliphatic rings. The fourth-order valence-electron chi connectivity index (χ4n) is 10.7. The summed E-state index contributed by atoms with van der Waals surface area (Å²) in [6.07, 6.45) is 0. The first-order valence-corrected chi connectivity index (χ1v) is 22.3. The van der Waals surface area contributed by atoms with Gasteiger partial charge in [-0.15, -0.1) is 0 Å². The first kappa shape index (κ1) is 33.2. The van der Waals surface area contributed by atoms with Crippen LogP contribution in [0.4, 0.5) is 0 Å². The third kappa shape index (κ3) is 4.76. The fourth-order valence-corrected chi connectivity index (χ4v) is 15.7. The van der Waals surface area contributed by atoms with Crippen molar-refractivity contribution >= 4 is 50.8 Å². The molecule has 9 aromatic carbocycles. The second-order valence-corrected chi connectivity index (χ2v) is 19.6. The Hall–Kier alpha value is -7.00. The van der Waals surface area contributed by atoms with Crippen molar-refractivity contribution in [3.63, 3.8) is 0 Å². The summed E-state index contributed by atoms with van der Waals surface area (Å²) in [5, 5.41) is 7.99. The molecule has 0 radical (unpaired) electrons. The second-order valence-electron chi connectivity index (χ2n) is 15.8. The smallest absolute Gasteiger partial charge is 0.179 e. The van der Waals surface area contributed by atoms with Crippen LogP contribution >= 0.6 is 0 Å². The maximum atomic E-state index is 6.34. The number of fused-ring (bicyclic) bond motifs is 3. The van der Waals surface area contributed by atoms with E-state index in [0.29, 0.717) is 0 Å². The Bertz CT molecular complexity index is 3080. The molecule has 2 bridgehead atoms. The molecular weight excluding hydrogens is 717 g/mol. The summed E-state index contributed by atoms with van der Waals surface area (Å²) in [7, 11) is -2.85. The van der Waals surface area contributed by atoms with Gasteiger partial charge in [-0.05, 0) is 101 Å². The summed E-state index contributed by atoms with van der Waals surface area (Å²) in [5.74, 6) is 0.205. The lowest BCUT2D eigenvalue weighted by Crippen LogP contribution is -2.75. The molecule has 3 aliphatic carbocycles. The molecule has 10 aromatic rings. The highest BCUT2D eigenvalue weighted by Gasteiger charge is 2.49. The van der Waals surface area contributed by atoms with E-state index in [1.165, 1.54) is 70.8 Å². The molecule has 0 amide bonds. The molecule has 0 saturated carbocycles. The van der Waals surface area contributed by atoms with Crippen molar-refractivity contribution in [3.05, 3.63) is 252 Å². The van der Waals surface area contributed by atoms with Crippen LogP contribution < -0.4 is 20.7 Å². The van der Waals surface area contributed by atoms with Crippen LogP contribution in [0.2, 0.25) is 0 Å².